The van der Waals surface area contributed by atoms with Crippen molar-refractivity contribution in [2.45, 2.75) is 38.5 Å². The summed E-state index contributed by atoms with van der Waals surface area (Å²) in [6.45, 7) is 9.95. The summed E-state index contributed by atoms with van der Waals surface area (Å²) < 4.78 is 0.243. The van der Waals surface area contributed by atoms with Crippen molar-refractivity contribution in [3.8, 4) is 0 Å². The first kappa shape index (κ1) is 23.1. The Kier molecular flexibility index (Phi) is 9.78. The van der Waals surface area contributed by atoms with E-state index in [4.69, 9.17) is 0 Å². The van der Waals surface area contributed by atoms with Gasteiger partial charge in [-0.2, -0.15) is 11.8 Å². The van der Waals surface area contributed by atoms with Gasteiger partial charge in [-0.05, 0) is 38.0 Å². The van der Waals surface area contributed by atoms with Gasteiger partial charge < -0.3 is 15.5 Å². The number of amides is 1. The molecule has 5 nitrogen and oxygen atoms in total. The average molecular weight is 490 g/mol. The van der Waals surface area contributed by atoms with E-state index in [0.717, 1.165) is 36.8 Å². The Hall–Kier alpha value is -0.960. The summed E-state index contributed by atoms with van der Waals surface area (Å²) in [6, 6.07) is 7.77. The van der Waals surface area contributed by atoms with Crippen molar-refractivity contribution in [1.82, 2.24) is 15.5 Å². The van der Waals surface area contributed by atoms with E-state index in [2.05, 4.69) is 34.4 Å². The number of rotatable bonds is 5. The molecule has 26 heavy (non-hydrogen) atoms. The Morgan fingerprint density at radius 3 is 2.77 bits per heavy atom. The van der Waals surface area contributed by atoms with E-state index < -0.39 is 0 Å². The number of nitrogens with one attached hydrogen (secondary N) is 2. The molecule has 0 spiro atoms. The number of carbonyl (C=O) groups is 1. The van der Waals surface area contributed by atoms with Gasteiger partial charge in [-0.1, -0.05) is 19.1 Å². The molecule has 7 heteroatoms. The molecule has 1 aromatic carbocycles. The third-order valence-corrected chi connectivity index (χ3v) is 5.41. The van der Waals surface area contributed by atoms with Crippen LogP contribution in [0.15, 0.2) is 29.3 Å². The maximum atomic E-state index is 12.1. The van der Waals surface area contributed by atoms with Crippen LogP contribution in [0.25, 0.3) is 0 Å². The Labute approximate surface area is 178 Å². The van der Waals surface area contributed by atoms with Crippen LogP contribution in [0.4, 0.5) is 0 Å². The van der Waals surface area contributed by atoms with Crippen molar-refractivity contribution in [1.29, 1.82) is 0 Å². The van der Waals surface area contributed by atoms with Crippen LogP contribution in [0, 0.1) is 0 Å². The van der Waals surface area contributed by atoms with Gasteiger partial charge in [0.1, 0.15) is 0 Å². The van der Waals surface area contributed by atoms with Gasteiger partial charge in [-0.25, -0.2) is 0 Å². The van der Waals surface area contributed by atoms with Crippen molar-refractivity contribution in [3.05, 3.63) is 35.4 Å². The standard InChI is InChI=1S/C19H30N4OS.HI/c1-5-9-21-17(24)16-8-6-7-15(12-16)13-22-18(20-4)23-10-11-25-19(2,3)14-23;/h6-8,12H,5,9-11,13-14H2,1-4H3,(H,20,22)(H,21,24);1H. The van der Waals surface area contributed by atoms with Crippen LogP contribution in [0.3, 0.4) is 0 Å². The molecule has 0 aliphatic carbocycles. The number of hydrogen-bond donors (Lipinski definition) is 2. The van der Waals surface area contributed by atoms with Crippen molar-refractivity contribution in [2.75, 3.05) is 32.4 Å². The number of benzene rings is 1. The first-order chi connectivity index (χ1) is 11.9. The molecule has 1 saturated heterocycles. The molecule has 0 unspecified atom stereocenters. The molecule has 1 heterocycles. The van der Waals surface area contributed by atoms with E-state index in [1.807, 2.05) is 50.0 Å². The highest BCUT2D eigenvalue weighted by molar-refractivity contribution is 14.0. The van der Waals surface area contributed by atoms with Crippen LogP contribution in [-0.4, -0.2) is 53.9 Å². The minimum atomic E-state index is -0.0112. The van der Waals surface area contributed by atoms with Crippen LogP contribution in [0.1, 0.15) is 43.1 Å². The van der Waals surface area contributed by atoms with Gasteiger partial charge in [0, 0.05) is 49.3 Å². The molecule has 0 bridgehead atoms. The molecule has 1 aliphatic rings. The highest BCUT2D eigenvalue weighted by Gasteiger charge is 2.28. The van der Waals surface area contributed by atoms with Gasteiger partial charge in [0.15, 0.2) is 5.96 Å². The molecule has 0 aromatic heterocycles. The van der Waals surface area contributed by atoms with Crippen LogP contribution in [0.5, 0.6) is 0 Å². The summed E-state index contributed by atoms with van der Waals surface area (Å²) >= 11 is 2.01. The van der Waals surface area contributed by atoms with Crippen molar-refractivity contribution < 1.29 is 4.79 Å². The van der Waals surface area contributed by atoms with E-state index >= 15 is 0 Å². The maximum absolute atomic E-state index is 12.1. The number of guanidine groups is 1. The predicted octanol–water partition coefficient (Wildman–Crippen LogP) is 3.35. The third-order valence-electron chi connectivity index (χ3n) is 4.11. The number of nitrogens with zero attached hydrogens (tertiary/aromatic N) is 2. The number of hydrogen-bond acceptors (Lipinski definition) is 3. The molecule has 0 radical (unpaired) electrons. The zero-order valence-electron chi connectivity index (χ0n) is 16.2. The summed E-state index contributed by atoms with van der Waals surface area (Å²) in [6.07, 6.45) is 0.938. The zero-order chi connectivity index (χ0) is 18.3. The third kappa shape index (κ3) is 6.98. The molecule has 1 fully saturated rings. The summed E-state index contributed by atoms with van der Waals surface area (Å²) in [4.78, 5) is 18.9. The van der Waals surface area contributed by atoms with E-state index in [1.54, 1.807) is 0 Å². The van der Waals surface area contributed by atoms with E-state index in [0.29, 0.717) is 18.7 Å². The fraction of sp³-hybridized carbons (Fsp3) is 0.579. The number of thioether (sulfide) groups is 1. The van der Waals surface area contributed by atoms with E-state index in [1.165, 1.54) is 0 Å². The molecule has 2 N–H and O–H groups in total. The van der Waals surface area contributed by atoms with Gasteiger partial charge in [-0.15, -0.1) is 24.0 Å². The second-order valence-electron chi connectivity index (χ2n) is 6.89. The first-order valence-electron chi connectivity index (χ1n) is 8.92. The number of aliphatic imine (C=N–C) groups is 1. The summed E-state index contributed by atoms with van der Waals surface area (Å²) in [5.41, 5.74) is 1.79. The van der Waals surface area contributed by atoms with Gasteiger partial charge >= 0.3 is 0 Å². The van der Waals surface area contributed by atoms with Crippen molar-refractivity contribution >= 4 is 47.6 Å². The first-order valence-corrected chi connectivity index (χ1v) is 9.90. The summed E-state index contributed by atoms with van der Waals surface area (Å²) in [5, 5.41) is 6.36. The zero-order valence-corrected chi connectivity index (χ0v) is 19.3. The lowest BCUT2D eigenvalue weighted by Gasteiger charge is -2.39. The fourth-order valence-corrected chi connectivity index (χ4v) is 3.99. The largest absolute Gasteiger partial charge is 0.352 e. The normalized spacial score (nSPS) is 16.6. The topological polar surface area (TPSA) is 56.7 Å². The van der Waals surface area contributed by atoms with Gasteiger partial charge in [0.25, 0.3) is 5.91 Å². The van der Waals surface area contributed by atoms with Crippen LogP contribution < -0.4 is 10.6 Å². The molecule has 0 atom stereocenters. The minimum absolute atomic E-state index is 0. The smallest absolute Gasteiger partial charge is 0.251 e. The summed E-state index contributed by atoms with van der Waals surface area (Å²) in [7, 11) is 1.83. The highest BCUT2D eigenvalue weighted by Crippen LogP contribution is 2.29. The predicted molar refractivity (Wildman–Crippen MR) is 123 cm³/mol. The quantitative estimate of drug-likeness (QED) is 0.378. The minimum Gasteiger partial charge on any atom is -0.352 e. The molecular formula is C19H31IN4OS. The Morgan fingerprint density at radius 1 is 1.35 bits per heavy atom. The molecule has 1 amide bonds. The van der Waals surface area contributed by atoms with E-state index in [9.17, 15) is 4.79 Å². The maximum Gasteiger partial charge on any atom is 0.251 e. The average Bonchev–Trinajstić information content (AvgIpc) is 2.59. The van der Waals surface area contributed by atoms with Gasteiger partial charge in [0.2, 0.25) is 0 Å². The summed E-state index contributed by atoms with van der Waals surface area (Å²) in [5.74, 6) is 2.03. The van der Waals surface area contributed by atoms with Crippen LogP contribution >= 0.6 is 35.7 Å². The van der Waals surface area contributed by atoms with Crippen LogP contribution in [0.2, 0.25) is 0 Å². The molecular weight excluding hydrogens is 459 g/mol. The second kappa shape index (κ2) is 11.0. The second-order valence-corrected chi connectivity index (χ2v) is 8.69. The Balaban J connectivity index is 0.00000338. The number of carbonyl (C=O) groups excluding carboxylic acids is 1. The van der Waals surface area contributed by atoms with Crippen molar-refractivity contribution in [2.24, 2.45) is 4.99 Å². The van der Waals surface area contributed by atoms with Crippen LogP contribution in [-0.2, 0) is 6.54 Å². The lowest BCUT2D eigenvalue weighted by molar-refractivity contribution is 0.0953. The van der Waals surface area contributed by atoms with E-state index in [-0.39, 0.29) is 34.6 Å². The van der Waals surface area contributed by atoms with Gasteiger partial charge in [0.05, 0.1) is 0 Å². The molecule has 1 aromatic rings. The molecule has 2 rings (SSSR count). The lowest BCUT2D eigenvalue weighted by atomic mass is 10.1. The molecule has 1 aliphatic heterocycles. The SMILES string of the molecule is CCCNC(=O)c1cccc(CNC(=NC)N2CCSC(C)(C)C2)c1.I. The highest BCUT2D eigenvalue weighted by atomic mass is 127. The van der Waals surface area contributed by atoms with Crippen molar-refractivity contribution in [3.63, 3.8) is 0 Å². The monoisotopic (exact) mass is 490 g/mol. The Morgan fingerprint density at radius 2 is 2.12 bits per heavy atom. The molecule has 146 valence electrons. The Bertz CT molecular complexity index is 621. The molecule has 0 saturated carbocycles. The van der Waals surface area contributed by atoms with Gasteiger partial charge in [-0.3, -0.25) is 9.79 Å². The lowest BCUT2D eigenvalue weighted by Crippen LogP contribution is -2.50. The number of halogens is 1. The fourth-order valence-electron chi connectivity index (χ4n) is 2.87.